The third-order valence-corrected chi connectivity index (χ3v) is 3.31. The van der Waals surface area contributed by atoms with Gasteiger partial charge in [0.2, 0.25) is 5.95 Å². The van der Waals surface area contributed by atoms with Crippen LogP contribution in [0.5, 0.6) is 0 Å². The molecule has 5 heteroatoms. The Kier molecular flexibility index (Phi) is 3.85. The van der Waals surface area contributed by atoms with Gasteiger partial charge >= 0.3 is 0 Å². The molecule has 0 saturated carbocycles. The fourth-order valence-electron chi connectivity index (χ4n) is 2.31. The summed E-state index contributed by atoms with van der Waals surface area (Å²) in [5, 5.41) is 2.96. The first-order chi connectivity index (χ1) is 8.87. The van der Waals surface area contributed by atoms with Gasteiger partial charge in [0.1, 0.15) is 0 Å². The molecule has 19 heavy (non-hydrogen) atoms. The zero-order valence-corrected chi connectivity index (χ0v) is 11.5. The second kappa shape index (κ2) is 5.25. The number of carbonyl (C=O) groups is 1. The monoisotopic (exact) mass is 266 g/mol. The predicted molar refractivity (Wildman–Crippen MR) is 69.5 cm³/mol. The fraction of sp³-hybridized carbons (Fsp3) is 0.571. The van der Waals surface area contributed by atoms with Gasteiger partial charge in [0, 0.05) is 24.4 Å². The number of nitrogens with zero attached hydrogens (tertiary/aromatic N) is 1. The number of aromatic nitrogens is 1. The summed E-state index contributed by atoms with van der Waals surface area (Å²) in [6, 6.07) is 1.60. The second-order valence-corrected chi connectivity index (χ2v) is 5.60. The van der Waals surface area contributed by atoms with Crippen molar-refractivity contribution < 1.29 is 13.9 Å². The normalized spacial score (nSPS) is 22.0. The average Bonchev–Trinajstić information content (AvgIpc) is 2.31. The number of rotatable bonds is 2. The van der Waals surface area contributed by atoms with Gasteiger partial charge in [0.25, 0.3) is 5.91 Å². The molecule has 0 bridgehead atoms. The molecule has 2 heterocycles. The zero-order chi connectivity index (χ0) is 14.0. The van der Waals surface area contributed by atoms with E-state index >= 15 is 0 Å². The number of pyridine rings is 1. The lowest BCUT2D eigenvalue weighted by Crippen LogP contribution is -2.45. The van der Waals surface area contributed by atoms with Crippen LogP contribution in [0.3, 0.4) is 0 Å². The maximum atomic E-state index is 13.1. The molecular formula is C14H19FN2O2. The van der Waals surface area contributed by atoms with E-state index in [0.717, 1.165) is 12.8 Å². The number of halogens is 1. The lowest BCUT2D eigenvalue weighted by atomic mass is 9.94. The third kappa shape index (κ3) is 3.50. The van der Waals surface area contributed by atoms with Crippen molar-refractivity contribution in [3.05, 3.63) is 29.3 Å². The van der Waals surface area contributed by atoms with Crippen molar-refractivity contribution in [2.75, 3.05) is 6.61 Å². The van der Waals surface area contributed by atoms with Crippen molar-refractivity contribution in [2.45, 2.75) is 45.3 Å². The minimum Gasteiger partial charge on any atom is -0.375 e. The van der Waals surface area contributed by atoms with Gasteiger partial charge in [0.05, 0.1) is 11.2 Å². The molecule has 1 amide bonds. The summed E-state index contributed by atoms with van der Waals surface area (Å²) in [6.07, 6.45) is 2.83. The zero-order valence-electron chi connectivity index (χ0n) is 11.5. The first-order valence-electron chi connectivity index (χ1n) is 6.44. The maximum absolute atomic E-state index is 13.1. The maximum Gasteiger partial charge on any atom is 0.253 e. The van der Waals surface area contributed by atoms with Crippen LogP contribution in [0.15, 0.2) is 12.3 Å². The number of amides is 1. The Morgan fingerprint density at radius 2 is 2.32 bits per heavy atom. The molecule has 1 aromatic heterocycles. The number of nitrogens with one attached hydrogen (secondary N) is 1. The Balaban J connectivity index is 2.02. The van der Waals surface area contributed by atoms with Crippen LogP contribution in [-0.2, 0) is 4.74 Å². The summed E-state index contributed by atoms with van der Waals surface area (Å²) in [6.45, 7) is 6.25. The van der Waals surface area contributed by atoms with Crippen LogP contribution in [0.25, 0.3) is 0 Å². The standard InChI is InChI=1S/C14H19FN2O2/c1-9-6-10(8-16-12(9)15)13(18)17-11-4-5-19-14(2,3)7-11/h6,8,11H,4-5,7H2,1-3H3,(H,17,18)/t11-/m0/s1. The molecule has 0 spiro atoms. The number of aryl methyl sites for hydroxylation is 1. The first-order valence-corrected chi connectivity index (χ1v) is 6.44. The molecule has 1 N–H and O–H groups in total. The molecule has 0 radical (unpaired) electrons. The molecule has 0 unspecified atom stereocenters. The average molecular weight is 266 g/mol. The third-order valence-electron chi connectivity index (χ3n) is 3.31. The fourth-order valence-corrected chi connectivity index (χ4v) is 2.31. The van der Waals surface area contributed by atoms with E-state index in [1.54, 1.807) is 6.92 Å². The summed E-state index contributed by atoms with van der Waals surface area (Å²) in [7, 11) is 0. The van der Waals surface area contributed by atoms with Gasteiger partial charge in [0.15, 0.2) is 0 Å². The minimum absolute atomic E-state index is 0.0848. The number of hydrogen-bond donors (Lipinski definition) is 1. The molecule has 1 aliphatic heterocycles. The first kappa shape index (κ1) is 13.9. The van der Waals surface area contributed by atoms with Crippen molar-refractivity contribution in [3.8, 4) is 0 Å². The van der Waals surface area contributed by atoms with Crippen LogP contribution < -0.4 is 5.32 Å². The van der Waals surface area contributed by atoms with Crippen molar-refractivity contribution >= 4 is 5.91 Å². The molecule has 1 saturated heterocycles. The van der Waals surface area contributed by atoms with Gasteiger partial charge in [-0.25, -0.2) is 4.98 Å². The highest BCUT2D eigenvalue weighted by Crippen LogP contribution is 2.24. The Bertz CT molecular complexity index is 488. The lowest BCUT2D eigenvalue weighted by Gasteiger charge is -2.35. The molecule has 2 rings (SSSR count). The highest BCUT2D eigenvalue weighted by molar-refractivity contribution is 5.94. The molecule has 4 nitrogen and oxygen atoms in total. The number of carbonyl (C=O) groups excluding carboxylic acids is 1. The van der Waals surface area contributed by atoms with E-state index in [1.807, 2.05) is 13.8 Å². The molecule has 104 valence electrons. The van der Waals surface area contributed by atoms with E-state index in [0.29, 0.717) is 17.7 Å². The minimum atomic E-state index is -0.538. The van der Waals surface area contributed by atoms with Gasteiger partial charge < -0.3 is 10.1 Å². The van der Waals surface area contributed by atoms with E-state index < -0.39 is 5.95 Å². The van der Waals surface area contributed by atoms with E-state index in [4.69, 9.17) is 4.74 Å². The van der Waals surface area contributed by atoms with E-state index in [1.165, 1.54) is 12.3 Å². The molecule has 0 aliphatic carbocycles. The SMILES string of the molecule is Cc1cc(C(=O)N[C@H]2CCOC(C)(C)C2)cnc1F. The Labute approximate surface area is 112 Å². The largest absolute Gasteiger partial charge is 0.375 e. The van der Waals surface area contributed by atoms with Crippen LogP contribution in [0.2, 0.25) is 0 Å². The van der Waals surface area contributed by atoms with Crippen LogP contribution >= 0.6 is 0 Å². The topological polar surface area (TPSA) is 51.2 Å². The molecule has 0 aromatic carbocycles. The summed E-state index contributed by atoms with van der Waals surface area (Å²) in [5.41, 5.74) is 0.552. The van der Waals surface area contributed by atoms with Crippen molar-refractivity contribution in [1.82, 2.24) is 10.3 Å². The van der Waals surface area contributed by atoms with Gasteiger partial charge in [-0.2, -0.15) is 4.39 Å². The molecule has 1 aliphatic rings. The van der Waals surface area contributed by atoms with Crippen LogP contribution in [0, 0.1) is 12.9 Å². The second-order valence-electron chi connectivity index (χ2n) is 5.60. The molecule has 1 atom stereocenters. The lowest BCUT2D eigenvalue weighted by molar-refractivity contribution is -0.0615. The summed E-state index contributed by atoms with van der Waals surface area (Å²) in [5.74, 6) is -0.748. The van der Waals surface area contributed by atoms with Gasteiger partial charge in [-0.15, -0.1) is 0 Å². The highest BCUT2D eigenvalue weighted by Gasteiger charge is 2.29. The van der Waals surface area contributed by atoms with Crippen LogP contribution in [0.4, 0.5) is 4.39 Å². The summed E-state index contributed by atoms with van der Waals surface area (Å²) >= 11 is 0. The van der Waals surface area contributed by atoms with Gasteiger partial charge in [-0.3, -0.25) is 4.79 Å². The number of ether oxygens (including phenoxy) is 1. The number of hydrogen-bond acceptors (Lipinski definition) is 3. The summed E-state index contributed by atoms with van der Waals surface area (Å²) in [4.78, 5) is 15.6. The van der Waals surface area contributed by atoms with E-state index in [9.17, 15) is 9.18 Å². The summed E-state index contributed by atoms with van der Waals surface area (Å²) < 4.78 is 18.7. The van der Waals surface area contributed by atoms with Crippen LogP contribution in [-0.4, -0.2) is 29.1 Å². The van der Waals surface area contributed by atoms with Crippen molar-refractivity contribution in [2.24, 2.45) is 0 Å². The quantitative estimate of drug-likeness (QED) is 0.835. The van der Waals surface area contributed by atoms with Crippen molar-refractivity contribution in [1.29, 1.82) is 0 Å². The van der Waals surface area contributed by atoms with Gasteiger partial charge in [-0.05, 0) is 39.7 Å². The van der Waals surface area contributed by atoms with Crippen molar-refractivity contribution in [3.63, 3.8) is 0 Å². The van der Waals surface area contributed by atoms with E-state index in [-0.39, 0.29) is 17.6 Å². The molecule has 1 aromatic rings. The smallest absolute Gasteiger partial charge is 0.253 e. The van der Waals surface area contributed by atoms with E-state index in [2.05, 4.69) is 10.3 Å². The molecule has 1 fully saturated rings. The molecular weight excluding hydrogens is 247 g/mol. The Morgan fingerprint density at radius 3 is 2.95 bits per heavy atom. The predicted octanol–water partition coefficient (Wildman–Crippen LogP) is 2.22. The Hall–Kier alpha value is -1.49. The van der Waals surface area contributed by atoms with Crippen LogP contribution in [0.1, 0.15) is 42.6 Å². The Morgan fingerprint density at radius 1 is 1.58 bits per heavy atom. The van der Waals surface area contributed by atoms with Gasteiger partial charge in [-0.1, -0.05) is 0 Å². The highest BCUT2D eigenvalue weighted by atomic mass is 19.1.